The number of ether oxygens (including phenoxy) is 2. The minimum Gasteiger partial charge on any atom is -0.496 e. The summed E-state index contributed by atoms with van der Waals surface area (Å²) in [5.74, 6) is 0.811. The Balaban J connectivity index is 1.61. The fourth-order valence-corrected chi connectivity index (χ4v) is 2.84. The van der Waals surface area contributed by atoms with E-state index in [1.165, 1.54) is 18.2 Å². The van der Waals surface area contributed by atoms with Gasteiger partial charge in [-0.1, -0.05) is 24.3 Å². The van der Waals surface area contributed by atoms with Crippen molar-refractivity contribution in [3.05, 3.63) is 93.7 Å². The number of rotatable bonds is 8. The molecule has 0 bridgehead atoms. The lowest BCUT2D eigenvalue weighted by Crippen LogP contribution is -2.19. The van der Waals surface area contributed by atoms with Crippen molar-refractivity contribution in [2.45, 2.75) is 26.2 Å². The smallest absolute Gasteiger partial charge is 0.254 e. The van der Waals surface area contributed by atoms with Crippen molar-refractivity contribution in [3.63, 3.8) is 0 Å². The van der Waals surface area contributed by atoms with Crippen LogP contribution in [0.25, 0.3) is 0 Å². The number of aliphatic hydroxyl groups excluding tert-OH is 1. The molecule has 0 saturated carbocycles. The fraction of sp³-hybridized carbons (Fsp3) is 0.227. The standard InChI is InChI=1S/C22H22FNO4/c1-27-21-12-16(2-5-18(21)14-25)8-10-24-11-9-20(13-22(24)26)28-15-17-3-6-19(23)7-4-17/h2-7,9,11-13,25H,8,10,14-15H2,1H3. The molecule has 5 nitrogen and oxygen atoms in total. The molecule has 0 aliphatic heterocycles. The molecular weight excluding hydrogens is 361 g/mol. The minimum atomic E-state index is -0.296. The van der Waals surface area contributed by atoms with Crippen LogP contribution in [0.4, 0.5) is 4.39 Å². The first-order valence-corrected chi connectivity index (χ1v) is 8.93. The van der Waals surface area contributed by atoms with Crippen molar-refractivity contribution >= 4 is 0 Å². The quantitative estimate of drug-likeness (QED) is 0.648. The minimum absolute atomic E-state index is 0.0811. The number of methoxy groups -OCH3 is 1. The molecule has 0 amide bonds. The molecule has 0 aliphatic rings. The number of aryl methyl sites for hydroxylation is 2. The van der Waals surface area contributed by atoms with E-state index in [9.17, 15) is 14.3 Å². The highest BCUT2D eigenvalue weighted by Gasteiger charge is 2.05. The van der Waals surface area contributed by atoms with Gasteiger partial charge in [-0.3, -0.25) is 4.79 Å². The number of benzene rings is 2. The average molecular weight is 383 g/mol. The normalized spacial score (nSPS) is 10.7. The second-order valence-electron chi connectivity index (χ2n) is 6.36. The van der Waals surface area contributed by atoms with Crippen molar-refractivity contribution in [1.29, 1.82) is 0 Å². The summed E-state index contributed by atoms with van der Waals surface area (Å²) in [6.07, 6.45) is 2.35. The first kappa shape index (κ1) is 19.6. The van der Waals surface area contributed by atoms with E-state index in [1.807, 2.05) is 18.2 Å². The van der Waals surface area contributed by atoms with Crippen molar-refractivity contribution in [2.75, 3.05) is 7.11 Å². The van der Waals surface area contributed by atoms with Gasteiger partial charge < -0.3 is 19.1 Å². The topological polar surface area (TPSA) is 60.7 Å². The molecule has 0 fully saturated rings. The van der Waals surface area contributed by atoms with E-state index in [0.717, 1.165) is 16.7 Å². The van der Waals surface area contributed by atoms with Crippen LogP contribution in [0.1, 0.15) is 16.7 Å². The fourth-order valence-electron chi connectivity index (χ4n) is 2.84. The third kappa shape index (κ3) is 4.98. The maximum Gasteiger partial charge on any atom is 0.254 e. The van der Waals surface area contributed by atoms with E-state index in [1.54, 1.807) is 36.1 Å². The van der Waals surface area contributed by atoms with E-state index in [2.05, 4.69) is 0 Å². The number of aliphatic hydroxyl groups is 1. The van der Waals surface area contributed by atoms with Crippen LogP contribution in [-0.4, -0.2) is 16.8 Å². The Morgan fingerprint density at radius 2 is 1.79 bits per heavy atom. The van der Waals surface area contributed by atoms with Crippen LogP contribution in [0, 0.1) is 5.82 Å². The molecule has 1 N–H and O–H groups in total. The van der Waals surface area contributed by atoms with Gasteiger partial charge in [-0.05, 0) is 41.8 Å². The molecule has 0 radical (unpaired) electrons. The Bertz CT molecular complexity index is 983. The molecule has 6 heteroatoms. The molecule has 0 unspecified atom stereocenters. The number of nitrogens with zero attached hydrogens (tertiary/aromatic N) is 1. The average Bonchev–Trinajstić information content (AvgIpc) is 2.72. The zero-order chi connectivity index (χ0) is 19.9. The van der Waals surface area contributed by atoms with Gasteiger partial charge in [0.2, 0.25) is 0 Å². The van der Waals surface area contributed by atoms with Gasteiger partial charge in [0.15, 0.2) is 0 Å². The van der Waals surface area contributed by atoms with E-state index in [4.69, 9.17) is 9.47 Å². The van der Waals surface area contributed by atoms with Gasteiger partial charge in [0, 0.05) is 24.4 Å². The van der Waals surface area contributed by atoms with Crippen LogP contribution in [0.5, 0.6) is 11.5 Å². The van der Waals surface area contributed by atoms with Gasteiger partial charge >= 0.3 is 0 Å². The molecule has 0 saturated heterocycles. The molecule has 28 heavy (non-hydrogen) atoms. The SMILES string of the molecule is COc1cc(CCn2ccc(OCc3ccc(F)cc3)cc2=O)ccc1CO. The van der Waals surface area contributed by atoms with E-state index in [-0.39, 0.29) is 24.6 Å². The number of aromatic nitrogens is 1. The maximum atomic E-state index is 12.9. The van der Waals surface area contributed by atoms with Gasteiger partial charge in [0.1, 0.15) is 23.9 Å². The predicted molar refractivity (Wildman–Crippen MR) is 104 cm³/mol. The summed E-state index contributed by atoms with van der Waals surface area (Å²) >= 11 is 0. The zero-order valence-corrected chi connectivity index (χ0v) is 15.6. The highest BCUT2D eigenvalue weighted by atomic mass is 19.1. The van der Waals surface area contributed by atoms with Crippen LogP contribution in [0.15, 0.2) is 65.6 Å². The molecule has 0 spiro atoms. The maximum absolute atomic E-state index is 12.9. The van der Waals surface area contributed by atoms with Crippen molar-refractivity contribution in [3.8, 4) is 11.5 Å². The molecule has 1 heterocycles. The molecule has 3 rings (SSSR count). The summed E-state index contributed by atoms with van der Waals surface area (Å²) in [7, 11) is 1.56. The van der Waals surface area contributed by atoms with Gasteiger partial charge in [-0.15, -0.1) is 0 Å². The molecule has 2 aromatic carbocycles. The first-order chi connectivity index (χ1) is 13.6. The van der Waals surface area contributed by atoms with Crippen molar-refractivity contribution < 1.29 is 19.0 Å². The van der Waals surface area contributed by atoms with E-state index >= 15 is 0 Å². The highest BCUT2D eigenvalue weighted by Crippen LogP contribution is 2.20. The van der Waals surface area contributed by atoms with Crippen LogP contribution in [0.3, 0.4) is 0 Å². The van der Waals surface area contributed by atoms with Crippen LogP contribution in [-0.2, 0) is 26.2 Å². The molecule has 3 aromatic rings. The van der Waals surface area contributed by atoms with Crippen LogP contribution in [0.2, 0.25) is 0 Å². The third-order valence-electron chi connectivity index (χ3n) is 4.45. The third-order valence-corrected chi connectivity index (χ3v) is 4.45. The Hall–Kier alpha value is -3.12. The first-order valence-electron chi connectivity index (χ1n) is 8.93. The largest absolute Gasteiger partial charge is 0.496 e. The molecular formula is C22H22FNO4. The lowest BCUT2D eigenvalue weighted by molar-refractivity contribution is 0.273. The Morgan fingerprint density at radius 1 is 1.04 bits per heavy atom. The Morgan fingerprint density at radius 3 is 2.46 bits per heavy atom. The monoisotopic (exact) mass is 383 g/mol. The highest BCUT2D eigenvalue weighted by molar-refractivity contribution is 5.37. The number of pyridine rings is 1. The Labute approximate surface area is 162 Å². The van der Waals surface area contributed by atoms with Crippen molar-refractivity contribution in [1.82, 2.24) is 4.57 Å². The number of hydrogen-bond acceptors (Lipinski definition) is 4. The summed E-state index contributed by atoms with van der Waals surface area (Å²) in [6.45, 7) is 0.696. The lowest BCUT2D eigenvalue weighted by atomic mass is 10.1. The molecule has 0 atom stereocenters. The second kappa shape index (κ2) is 9.19. The number of hydrogen-bond donors (Lipinski definition) is 1. The zero-order valence-electron chi connectivity index (χ0n) is 15.6. The summed E-state index contributed by atoms with van der Waals surface area (Å²) in [5, 5.41) is 9.29. The van der Waals surface area contributed by atoms with Gasteiger partial charge in [-0.25, -0.2) is 4.39 Å². The Kier molecular flexibility index (Phi) is 6.45. The molecule has 146 valence electrons. The number of halogens is 1. The van der Waals surface area contributed by atoms with Crippen LogP contribution < -0.4 is 15.0 Å². The summed E-state index contributed by atoms with van der Waals surface area (Å²) in [5.41, 5.74) is 2.41. The summed E-state index contributed by atoms with van der Waals surface area (Å²) in [6, 6.07) is 14.8. The van der Waals surface area contributed by atoms with Crippen molar-refractivity contribution in [2.24, 2.45) is 0 Å². The lowest BCUT2D eigenvalue weighted by Gasteiger charge is -2.11. The molecule has 0 aliphatic carbocycles. The second-order valence-corrected chi connectivity index (χ2v) is 6.36. The van der Waals surface area contributed by atoms with E-state index < -0.39 is 0 Å². The van der Waals surface area contributed by atoms with Crippen LogP contribution >= 0.6 is 0 Å². The molecule has 1 aromatic heterocycles. The van der Waals surface area contributed by atoms with Gasteiger partial charge in [0.25, 0.3) is 5.56 Å². The summed E-state index contributed by atoms with van der Waals surface area (Å²) < 4.78 is 25.4. The summed E-state index contributed by atoms with van der Waals surface area (Å²) in [4.78, 5) is 12.3. The van der Waals surface area contributed by atoms with Gasteiger partial charge in [0.05, 0.1) is 13.7 Å². The van der Waals surface area contributed by atoms with Gasteiger partial charge in [-0.2, -0.15) is 0 Å². The predicted octanol–water partition coefficient (Wildman–Crippen LogP) is 3.31. The van der Waals surface area contributed by atoms with E-state index in [0.29, 0.717) is 24.5 Å².